The van der Waals surface area contributed by atoms with Crippen molar-refractivity contribution in [2.24, 2.45) is 11.3 Å². The SMILES string of the molecule is CCC(C)(C)C1CCC2(CC1)NC(=O)N(CN(C)Cc1ccc(Cl)cc1)C2=O. The molecule has 1 aliphatic carbocycles. The second-order valence-corrected chi connectivity index (χ2v) is 9.58. The van der Waals surface area contributed by atoms with Crippen molar-refractivity contribution in [3.8, 4) is 0 Å². The smallest absolute Gasteiger partial charge is 0.323 e. The Morgan fingerprint density at radius 1 is 1.21 bits per heavy atom. The summed E-state index contributed by atoms with van der Waals surface area (Å²) in [5.74, 6) is 0.544. The van der Waals surface area contributed by atoms with Gasteiger partial charge in [0, 0.05) is 11.6 Å². The molecule has 3 rings (SSSR count). The Balaban J connectivity index is 1.61. The second-order valence-electron chi connectivity index (χ2n) is 9.14. The number of benzene rings is 1. The quantitative estimate of drug-likeness (QED) is 0.701. The third kappa shape index (κ3) is 4.20. The summed E-state index contributed by atoms with van der Waals surface area (Å²) in [5.41, 5.74) is 0.681. The molecule has 1 N–H and O–H groups in total. The van der Waals surface area contributed by atoms with Gasteiger partial charge in [0.25, 0.3) is 5.91 Å². The van der Waals surface area contributed by atoms with Crippen LogP contribution in [0.5, 0.6) is 0 Å². The monoisotopic (exact) mass is 405 g/mol. The lowest BCUT2D eigenvalue weighted by molar-refractivity contribution is -0.134. The second kappa shape index (κ2) is 8.03. The summed E-state index contributed by atoms with van der Waals surface area (Å²) < 4.78 is 0. The van der Waals surface area contributed by atoms with Crippen molar-refractivity contribution in [1.82, 2.24) is 15.1 Å². The van der Waals surface area contributed by atoms with E-state index in [4.69, 9.17) is 11.6 Å². The minimum Gasteiger partial charge on any atom is -0.323 e. The van der Waals surface area contributed by atoms with Crippen LogP contribution in [0.25, 0.3) is 0 Å². The predicted octanol–water partition coefficient (Wildman–Crippen LogP) is 4.65. The number of halogens is 1. The molecule has 2 aliphatic rings. The molecule has 0 unspecified atom stereocenters. The first-order valence-electron chi connectivity index (χ1n) is 10.2. The van der Waals surface area contributed by atoms with E-state index in [0.29, 0.717) is 24.2 Å². The third-order valence-corrected chi connectivity index (χ3v) is 7.10. The van der Waals surface area contributed by atoms with Gasteiger partial charge in [-0.15, -0.1) is 0 Å². The summed E-state index contributed by atoms with van der Waals surface area (Å²) in [4.78, 5) is 29.1. The Labute approximate surface area is 173 Å². The summed E-state index contributed by atoms with van der Waals surface area (Å²) in [6.45, 7) is 7.78. The maximum absolute atomic E-state index is 13.1. The molecule has 3 amide bonds. The Bertz CT molecular complexity index is 724. The Kier molecular flexibility index (Phi) is 6.06. The van der Waals surface area contributed by atoms with E-state index in [0.717, 1.165) is 37.7 Å². The highest BCUT2D eigenvalue weighted by Crippen LogP contribution is 2.45. The van der Waals surface area contributed by atoms with Gasteiger partial charge in [-0.3, -0.25) is 9.69 Å². The molecule has 154 valence electrons. The van der Waals surface area contributed by atoms with Gasteiger partial charge in [0.2, 0.25) is 0 Å². The zero-order chi connectivity index (χ0) is 20.5. The van der Waals surface area contributed by atoms with E-state index in [-0.39, 0.29) is 17.4 Å². The molecule has 0 bridgehead atoms. The van der Waals surface area contributed by atoms with E-state index in [1.54, 1.807) is 0 Å². The van der Waals surface area contributed by atoms with Crippen LogP contribution in [-0.4, -0.2) is 41.0 Å². The largest absolute Gasteiger partial charge is 0.326 e. The molecular formula is C22H32ClN3O2. The van der Waals surface area contributed by atoms with Crippen LogP contribution >= 0.6 is 11.6 Å². The molecule has 28 heavy (non-hydrogen) atoms. The molecule has 0 radical (unpaired) electrons. The lowest BCUT2D eigenvalue weighted by Gasteiger charge is -2.42. The molecule has 1 aliphatic heterocycles. The third-order valence-electron chi connectivity index (χ3n) is 6.85. The zero-order valence-corrected chi connectivity index (χ0v) is 18.2. The van der Waals surface area contributed by atoms with Crippen molar-refractivity contribution < 1.29 is 9.59 Å². The van der Waals surface area contributed by atoms with Gasteiger partial charge < -0.3 is 5.32 Å². The van der Waals surface area contributed by atoms with Crippen LogP contribution in [0.3, 0.4) is 0 Å². The lowest BCUT2D eigenvalue weighted by atomic mass is 9.65. The number of hydrogen-bond donors (Lipinski definition) is 1. The summed E-state index contributed by atoms with van der Waals surface area (Å²) in [6, 6.07) is 7.36. The molecule has 1 saturated heterocycles. The first-order chi connectivity index (χ1) is 13.2. The summed E-state index contributed by atoms with van der Waals surface area (Å²) in [5, 5.41) is 3.73. The predicted molar refractivity (Wildman–Crippen MR) is 112 cm³/mol. The van der Waals surface area contributed by atoms with Gasteiger partial charge in [-0.1, -0.05) is 50.9 Å². The first-order valence-corrected chi connectivity index (χ1v) is 10.6. The maximum Gasteiger partial charge on any atom is 0.326 e. The van der Waals surface area contributed by atoms with E-state index in [1.165, 1.54) is 4.90 Å². The van der Waals surface area contributed by atoms with Gasteiger partial charge in [0.05, 0.1) is 6.67 Å². The Morgan fingerprint density at radius 2 is 1.82 bits per heavy atom. The normalized spacial score (nSPS) is 25.6. The van der Waals surface area contributed by atoms with Gasteiger partial charge in [0.1, 0.15) is 5.54 Å². The number of carbonyl (C=O) groups is 2. The average molecular weight is 406 g/mol. The minimum absolute atomic E-state index is 0.0618. The van der Waals surface area contributed by atoms with E-state index in [9.17, 15) is 9.59 Å². The highest BCUT2D eigenvalue weighted by molar-refractivity contribution is 6.30. The van der Waals surface area contributed by atoms with Crippen LogP contribution in [-0.2, 0) is 11.3 Å². The molecule has 0 atom stereocenters. The summed E-state index contributed by atoms with van der Waals surface area (Å²) in [6.07, 6.45) is 4.58. The summed E-state index contributed by atoms with van der Waals surface area (Å²) in [7, 11) is 1.92. The van der Waals surface area contributed by atoms with Crippen molar-refractivity contribution in [1.29, 1.82) is 0 Å². The number of rotatable bonds is 6. The molecule has 1 aromatic carbocycles. The van der Waals surface area contributed by atoms with E-state index in [1.807, 2.05) is 36.2 Å². The number of carbonyl (C=O) groups excluding carboxylic acids is 2. The Hall–Kier alpha value is -1.59. The first kappa shape index (κ1) is 21.1. The summed E-state index contributed by atoms with van der Waals surface area (Å²) >= 11 is 5.93. The lowest BCUT2D eigenvalue weighted by Crippen LogP contribution is -2.51. The number of amides is 3. The molecular weight excluding hydrogens is 374 g/mol. The van der Waals surface area contributed by atoms with Crippen LogP contribution < -0.4 is 5.32 Å². The number of nitrogens with zero attached hydrogens (tertiary/aromatic N) is 2. The van der Waals surface area contributed by atoms with Gasteiger partial charge in [0.15, 0.2) is 0 Å². The molecule has 0 aromatic heterocycles. The highest BCUT2D eigenvalue weighted by Gasteiger charge is 2.53. The number of hydrogen-bond acceptors (Lipinski definition) is 3. The fourth-order valence-corrected chi connectivity index (χ4v) is 4.64. The number of urea groups is 1. The zero-order valence-electron chi connectivity index (χ0n) is 17.4. The highest BCUT2D eigenvalue weighted by atomic mass is 35.5. The van der Waals surface area contributed by atoms with Crippen LogP contribution in [0, 0.1) is 11.3 Å². The number of nitrogens with one attached hydrogen (secondary N) is 1. The maximum atomic E-state index is 13.1. The molecule has 1 heterocycles. The fraction of sp³-hybridized carbons (Fsp3) is 0.636. The van der Waals surface area contributed by atoms with Gasteiger partial charge >= 0.3 is 6.03 Å². The van der Waals surface area contributed by atoms with E-state index >= 15 is 0 Å². The van der Waals surface area contributed by atoms with Gasteiger partial charge in [-0.2, -0.15) is 0 Å². The van der Waals surface area contributed by atoms with Crippen LogP contribution in [0.4, 0.5) is 4.79 Å². The molecule has 1 spiro atoms. The van der Waals surface area contributed by atoms with Crippen molar-refractivity contribution in [3.05, 3.63) is 34.9 Å². The van der Waals surface area contributed by atoms with E-state index in [2.05, 4.69) is 26.1 Å². The van der Waals surface area contributed by atoms with Crippen molar-refractivity contribution in [2.75, 3.05) is 13.7 Å². The molecule has 1 saturated carbocycles. The molecule has 6 heteroatoms. The van der Waals surface area contributed by atoms with Crippen LogP contribution in [0.2, 0.25) is 5.02 Å². The van der Waals surface area contributed by atoms with Crippen molar-refractivity contribution in [3.63, 3.8) is 0 Å². The minimum atomic E-state index is -0.696. The average Bonchev–Trinajstić information content (AvgIpc) is 2.88. The topological polar surface area (TPSA) is 52.7 Å². The number of imide groups is 1. The molecule has 1 aromatic rings. The molecule has 2 fully saturated rings. The van der Waals surface area contributed by atoms with Crippen LogP contribution in [0.1, 0.15) is 58.4 Å². The standard InChI is InChI=1S/C22H32ClN3O2/c1-5-21(2,3)17-10-12-22(13-11-17)19(27)26(20(28)24-22)15-25(4)14-16-6-8-18(23)9-7-16/h6-9,17H,5,10-15H2,1-4H3,(H,24,28). The van der Waals surface area contributed by atoms with Crippen molar-refractivity contribution in [2.45, 2.75) is 65.0 Å². The molecule has 5 nitrogen and oxygen atoms in total. The fourth-order valence-electron chi connectivity index (χ4n) is 4.52. The van der Waals surface area contributed by atoms with Crippen LogP contribution in [0.15, 0.2) is 24.3 Å². The van der Waals surface area contributed by atoms with E-state index < -0.39 is 5.54 Å². The van der Waals surface area contributed by atoms with Gasteiger partial charge in [-0.25, -0.2) is 9.69 Å². The van der Waals surface area contributed by atoms with Gasteiger partial charge in [-0.05, 0) is 61.8 Å². The van der Waals surface area contributed by atoms with Crippen molar-refractivity contribution >= 4 is 23.5 Å². The Morgan fingerprint density at radius 3 is 2.39 bits per heavy atom.